The van der Waals surface area contributed by atoms with Crippen molar-refractivity contribution in [3.05, 3.63) is 47.1 Å². The number of aryl methyl sites for hydroxylation is 2. The van der Waals surface area contributed by atoms with Crippen LogP contribution < -0.4 is 9.64 Å². The maximum Gasteiger partial charge on any atom is 0.225 e. The highest BCUT2D eigenvalue weighted by Gasteiger charge is 2.31. The smallest absolute Gasteiger partial charge is 0.225 e. The first-order valence-electron chi connectivity index (χ1n) is 12.2. The number of piperidine rings is 1. The van der Waals surface area contributed by atoms with Crippen molar-refractivity contribution in [1.82, 2.24) is 19.8 Å². The lowest BCUT2D eigenvalue weighted by Gasteiger charge is -2.38. The highest BCUT2D eigenvalue weighted by atomic mass is 32.1. The molecule has 2 saturated heterocycles. The number of aromatic nitrogens is 2. The number of para-hydroxylation sites is 1. The van der Waals surface area contributed by atoms with E-state index in [0.29, 0.717) is 12.5 Å². The van der Waals surface area contributed by atoms with Crippen LogP contribution in [-0.4, -0.2) is 78.1 Å². The molecule has 1 amide bonds. The lowest BCUT2D eigenvalue weighted by molar-refractivity contribution is -0.138. The molecule has 2 aliphatic heterocycles. The van der Waals surface area contributed by atoms with Crippen molar-refractivity contribution >= 4 is 33.3 Å². The third-order valence-corrected chi connectivity index (χ3v) is 8.31. The van der Waals surface area contributed by atoms with Crippen molar-refractivity contribution in [2.45, 2.75) is 26.7 Å². The van der Waals surface area contributed by atoms with E-state index in [1.807, 2.05) is 30.3 Å². The number of piperazine rings is 1. The zero-order valence-electron chi connectivity index (χ0n) is 20.1. The minimum Gasteiger partial charge on any atom is -0.492 e. The topological polar surface area (TPSA) is 61.8 Å². The van der Waals surface area contributed by atoms with Crippen LogP contribution in [0.1, 0.15) is 23.3 Å². The molecule has 0 bridgehead atoms. The molecule has 34 heavy (non-hydrogen) atoms. The Hall–Kier alpha value is -2.71. The Bertz CT molecular complexity index is 1120. The van der Waals surface area contributed by atoms with Gasteiger partial charge in [-0.3, -0.25) is 9.69 Å². The number of hydrogen-bond donors (Lipinski definition) is 0. The largest absolute Gasteiger partial charge is 0.492 e. The Kier molecular flexibility index (Phi) is 6.97. The van der Waals surface area contributed by atoms with Crippen molar-refractivity contribution in [3.63, 3.8) is 0 Å². The molecule has 0 saturated carbocycles. The number of fused-ring (bicyclic) bond motifs is 1. The predicted octanol–water partition coefficient (Wildman–Crippen LogP) is 3.75. The predicted molar refractivity (Wildman–Crippen MR) is 137 cm³/mol. The number of thiophene rings is 1. The molecule has 2 aromatic heterocycles. The molecule has 0 radical (unpaired) electrons. The van der Waals surface area contributed by atoms with Gasteiger partial charge in [0.2, 0.25) is 5.91 Å². The van der Waals surface area contributed by atoms with Crippen LogP contribution in [0.3, 0.4) is 0 Å². The molecule has 2 fully saturated rings. The summed E-state index contributed by atoms with van der Waals surface area (Å²) in [5, 5.41) is 1.18. The van der Waals surface area contributed by atoms with Crippen LogP contribution >= 0.6 is 11.3 Å². The van der Waals surface area contributed by atoms with Crippen molar-refractivity contribution < 1.29 is 9.53 Å². The van der Waals surface area contributed by atoms with Crippen LogP contribution in [0.25, 0.3) is 10.2 Å². The number of rotatable bonds is 6. The van der Waals surface area contributed by atoms with E-state index in [0.717, 1.165) is 75.1 Å². The number of ether oxygens (including phenoxy) is 1. The van der Waals surface area contributed by atoms with Crippen LogP contribution in [0.5, 0.6) is 5.75 Å². The Morgan fingerprint density at radius 2 is 1.76 bits per heavy atom. The fraction of sp³-hybridized carbons (Fsp3) is 0.500. The Labute approximate surface area is 205 Å². The molecule has 2 aliphatic rings. The molecule has 3 aromatic rings. The average Bonchev–Trinajstić information content (AvgIpc) is 3.18. The van der Waals surface area contributed by atoms with E-state index in [2.05, 4.69) is 38.5 Å². The summed E-state index contributed by atoms with van der Waals surface area (Å²) in [5.74, 6) is 2.39. The number of benzene rings is 1. The highest BCUT2D eigenvalue weighted by molar-refractivity contribution is 7.18. The summed E-state index contributed by atoms with van der Waals surface area (Å²) in [4.78, 5) is 31.5. The molecular formula is C26H33N5O2S. The first kappa shape index (κ1) is 23.1. The number of nitrogens with zero attached hydrogens (tertiary/aromatic N) is 5. The van der Waals surface area contributed by atoms with Gasteiger partial charge in [0.25, 0.3) is 0 Å². The lowest BCUT2D eigenvalue weighted by atomic mass is 9.94. The fourth-order valence-electron chi connectivity index (χ4n) is 5.00. The Balaban J connectivity index is 1.09. The van der Waals surface area contributed by atoms with Crippen LogP contribution in [0.4, 0.5) is 5.82 Å². The zero-order chi connectivity index (χ0) is 23.5. The zero-order valence-corrected chi connectivity index (χ0v) is 20.9. The molecule has 0 atom stereocenters. The third-order valence-electron chi connectivity index (χ3n) is 7.19. The molecule has 5 rings (SSSR count). The number of anilines is 1. The standard InChI is InChI=1S/C26H33N5O2S/c1-19-20(2)34-25-23(19)24(27-18-28-25)30-10-8-21(9-11-30)26(32)31-14-12-29(13-15-31)16-17-33-22-6-4-3-5-7-22/h3-7,18,21H,8-17H2,1-2H3. The first-order valence-corrected chi connectivity index (χ1v) is 13.1. The minimum absolute atomic E-state index is 0.117. The number of carbonyl (C=O) groups is 1. The van der Waals surface area contributed by atoms with E-state index >= 15 is 0 Å². The normalized spacial score (nSPS) is 17.9. The molecule has 180 valence electrons. The van der Waals surface area contributed by atoms with Gasteiger partial charge in [0.15, 0.2) is 0 Å². The van der Waals surface area contributed by atoms with Gasteiger partial charge >= 0.3 is 0 Å². The molecule has 0 N–H and O–H groups in total. The maximum absolute atomic E-state index is 13.2. The average molecular weight is 480 g/mol. The SMILES string of the molecule is Cc1sc2ncnc(N3CCC(C(=O)N4CCN(CCOc5ccccc5)CC4)CC3)c2c1C. The van der Waals surface area contributed by atoms with E-state index in [9.17, 15) is 4.79 Å². The van der Waals surface area contributed by atoms with E-state index in [1.54, 1.807) is 17.7 Å². The van der Waals surface area contributed by atoms with Gasteiger partial charge in [0, 0.05) is 56.6 Å². The summed E-state index contributed by atoms with van der Waals surface area (Å²) < 4.78 is 5.82. The Morgan fingerprint density at radius 1 is 1.03 bits per heavy atom. The fourth-order valence-corrected chi connectivity index (χ4v) is 5.99. The molecule has 0 spiro atoms. The maximum atomic E-state index is 13.2. The van der Waals surface area contributed by atoms with Crippen LogP contribution in [-0.2, 0) is 4.79 Å². The molecule has 8 heteroatoms. The van der Waals surface area contributed by atoms with Crippen LogP contribution in [0.15, 0.2) is 36.7 Å². The quantitative estimate of drug-likeness (QED) is 0.537. The minimum atomic E-state index is 0.117. The van der Waals surface area contributed by atoms with Gasteiger partial charge in [0.05, 0.1) is 5.39 Å². The van der Waals surface area contributed by atoms with Crippen molar-refractivity contribution in [2.24, 2.45) is 5.92 Å². The van der Waals surface area contributed by atoms with E-state index < -0.39 is 0 Å². The monoisotopic (exact) mass is 479 g/mol. The first-order chi connectivity index (χ1) is 16.6. The van der Waals surface area contributed by atoms with E-state index in [1.165, 1.54) is 15.8 Å². The van der Waals surface area contributed by atoms with Gasteiger partial charge in [-0.1, -0.05) is 18.2 Å². The van der Waals surface area contributed by atoms with E-state index in [-0.39, 0.29) is 5.92 Å². The van der Waals surface area contributed by atoms with Gasteiger partial charge in [-0.25, -0.2) is 9.97 Å². The van der Waals surface area contributed by atoms with Crippen LogP contribution in [0.2, 0.25) is 0 Å². The molecular weight excluding hydrogens is 446 g/mol. The number of carbonyl (C=O) groups excluding carboxylic acids is 1. The molecule has 0 aliphatic carbocycles. The van der Waals surface area contributed by atoms with Crippen molar-refractivity contribution in [1.29, 1.82) is 0 Å². The van der Waals surface area contributed by atoms with Gasteiger partial charge in [-0.05, 0) is 44.4 Å². The number of amides is 1. The molecule has 0 unspecified atom stereocenters. The summed E-state index contributed by atoms with van der Waals surface area (Å²) in [6.07, 6.45) is 3.45. The van der Waals surface area contributed by atoms with Crippen molar-refractivity contribution in [2.75, 3.05) is 57.3 Å². The van der Waals surface area contributed by atoms with Gasteiger partial charge < -0.3 is 14.5 Å². The second kappa shape index (κ2) is 10.3. The van der Waals surface area contributed by atoms with Gasteiger partial charge in [-0.15, -0.1) is 11.3 Å². The summed E-state index contributed by atoms with van der Waals surface area (Å²) in [6, 6.07) is 9.94. The summed E-state index contributed by atoms with van der Waals surface area (Å²) in [6.45, 7) is 11.1. The molecule has 7 nitrogen and oxygen atoms in total. The summed E-state index contributed by atoms with van der Waals surface area (Å²) in [7, 11) is 0. The van der Waals surface area contributed by atoms with Crippen LogP contribution in [0, 0.1) is 19.8 Å². The van der Waals surface area contributed by atoms with E-state index in [4.69, 9.17) is 4.74 Å². The highest BCUT2D eigenvalue weighted by Crippen LogP contribution is 2.35. The third kappa shape index (κ3) is 4.88. The summed E-state index contributed by atoms with van der Waals surface area (Å²) >= 11 is 1.73. The molecule has 4 heterocycles. The van der Waals surface area contributed by atoms with Crippen molar-refractivity contribution in [3.8, 4) is 5.75 Å². The lowest BCUT2D eigenvalue weighted by Crippen LogP contribution is -2.52. The number of hydrogen-bond acceptors (Lipinski definition) is 7. The van der Waals surface area contributed by atoms with Gasteiger partial charge in [-0.2, -0.15) is 0 Å². The Morgan fingerprint density at radius 3 is 2.50 bits per heavy atom. The summed E-state index contributed by atoms with van der Waals surface area (Å²) in [5.41, 5.74) is 1.28. The molecule has 1 aromatic carbocycles. The second-order valence-corrected chi connectivity index (χ2v) is 10.5. The van der Waals surface area contributed by atoms with Gasteiger partial charge in [0.1, 0.15) is 29.3 Å². The second-order valence-electron chi connectivity index (χ2n) is 9.25.